The number of carbonyl (C=O) groups is 1. The first-order valence-electron chi connectivity index (χ1n) is 6.33. The van der Waals surface area contributed by atoms with Crippen molar-refractivity contribution >= 4 is 29.4 Å². The van der Waals surface area contributed by atoms with Crippen LogP contribution in [0.25, 0.3) is 0 Å². The van der Waals surface area contributed by atoms with E-state index in [-0.39, 0.29) is 5.91 Å². The van der Waals surface area contributed by atoms with Crippen LogP contribution in [0.2, 0.25) is 0 Å². The summed E-state index contributed by atoms with van der Waals surface area (Å²) in [7, 11) is 0. The van der Waals surface area contributed by atoms with Gasteiger partial charge in [0, 0.05) is 23.1 Å². The standard InChI is InChI=1S/C14H14N2O2S2/c17-13(15-9-12-5-6-18-16-12)10-1-3-11(4-2-10)14-19-7-8-20-14/h1-6,14H,7-9H2,(H,15,17). The molecule has 4 nitrogen and oxygen atoms in total. The Kier molecular flexibility index (Phi) is 4.32. The summed E-state index contributed by atoms with van der Waals surface area (Å²) < 4.78 is 5.24. The minimum atomic E-state index is -0.0914. The van der Waals surface area contributed by atoms with E-state index in [1.807, 2.05) is 47.8 Å². The van der Waals surface area contributed by atoms with Crippen molar-refractivity contribution in [1.29, 1.82) is 0 Å². The van der Waals surface area contributed by atoms with Crippen LogP contribution >= 0.6 is 23.5 Å². The summed E-state index contributed by atoms with van der Waals surface area (Å²) in [6.45, 7) is 0.380. The number of thioether (sulfide) groups is 2. The Balaban J connectivity index is 1.60. The number of aromatic nitrogens is 1. The van der Waals surface area contributed by atoms with E-state index in [9.17, 15) is 4.79 Å². The highest BCUT2D eigenvalue weighted by Crippen LogP contribution is 2.45. The third-order valence-corrected chi connectivity index (χ3v) is 6.09. The molecule has 6 heteroatoms. The predicted octanol–water partition coefficient (Wildman–Crippen LogP) is 3.08. The zero-order valence-electron chi connectivity index (χ0n) is 10.7. The van der Waals surface area contributed by atoms with Crippen LogP contribution in [0.5, 0.6) is 0 Å². The van der Waals surface area contributed by atoms with Gasteiger partial charge in [-0.3, -0.25) is 4.79 Å². The number of hydrogen-bond acceptors (Lipinski definition) is 5. The molecule has 0 aliphatic carbocycles. The molecule has 1 aromatic heterocycles. The number of nitrogens with zero attached hydrogens (tertiary/aromatic N) is 1. The van der Waals surface area contributed by atoms with Crippen molar-refractivity contribution in [1.82, 2.24) is 10.5 Å². The summed E-state index contributed by atoms with van der Waals surface area (Å²) in [6, 6.07) is 9.58. The molecule has 2 aromatic rings. The second kappa shape index (κ2) is 6.37. The first-order chi connectivity index (χ1) is 9.83. The molecule has 1 aromatic carbocycles. The summed E-state index contributed by atoms with van der Waals surface area (Å²) in [5.41, 5.74) is 2.67. The van der Waals surface area contributed by atoms with Crippen molar-refractivity contribution in [3.63, 3.8) is 0 Å². The third kappa shape index (κ3) is 3.19. The molecular weight excluding hydrogens is 292 g/mol. The Hall–Kier alpha value is -1.40. The lowest BCUT2D eigenvalue weighted by Gasteiger charge is -2.09. The van der Waals surface area contributed by atoms with Crippen LogP contribution < -0.4 is 5.32 Å². The lowest BCUT2D eigenvalue weighted by molar-refractivity contribution is 0.0950. The summed E-state index contributed by atoms with van der Waals surface area (Å²) in [5.74, 6) is 2.32. The molecule has 3 rings (SSSR count). The fraction of sp³-hybridized carbons (Fsp3) is 0.286. The summed E-state index contributed by atoms with van der Waals surface area (Å²) >= 11 is 3.92. The van der Waals surface area contributed by atoms with Crippen LogP contribution in [0.1, 0.15) is 26.2 Å². The van der Waals surface area contributed by atoms with Gasteiger partial charge < -0.3 is 9.84 Å². The Labute approximate surface area is 125 Å². The molecule has 0 saturated carbocycles. The monoisotopic (exact) mass is 306 g/mol. The van der Waals surface area contributed by atoms with E-state index in [0.29, 0.717) is 22.4 Å². The molecular formula is C14H14N2O2S2. The van der Waals surface area contributed by atoms with Gasteiger partial charge in [0.2, 0.25) is 0 Å². The number of benzene rings is 1. The minimum Gasteiger partial charge on any atom is -0.364 e. The maximum atomic E-state index is 12.0. The zero-order chi connectivity index (χ0) is 13.8. The fourth-order valence-electron chi connectivity index (χ4n) is 1.94. The first-order valence-corrected chi connectivity index (χ1v) is 8.43. The quantitative estimate of drug-likeness (QED) is 0.940. The molecule has 0 atom stereocenters. The molecule has 0 spiro atoms. The maximum absolute atomic E-state index is 12.0. The smallest absolute Gasteiger partial charge is 0.251 e. The largest absolute Gasteiger partial charge is 0.364 e. The molecule has 0 bridgehead atoms. The number of carbonyl (C=O) groups excluding carboxylic acids is 1. The summed E-state index contributed by atoms with van der Waals surface area (Å²) in [5, 5.41) is 6.57. The Morgan fingerprint density at radius 1 is 1.25 bits per heavy atom. The van der Waals surface area contributed by atoms with Gasteiger partial charge >= 0.3 is 0 Å². The molecule has 104 valence electrons. The SMILES string of the molecule is O=C(NCc1ccon1)c1ccc(C2SCCS2)cc1. The van der Waals surface area contributed by atoms with E-state index in [0.717, 1.165) is 0 Å². The van der Waals surface area contributed by atoms with E-state index in [1.54, 1.807) is 6.07 Å². The van der Waals surface area contributed by atoms with Crippen molar-refractivity contribution in [3.05, 3.63) is 53.4 Å². The van der Waals surface area contributed by atoms with Gasteiger partial charge in [0.15, 0.2) is 0 Å². The van der Waals surface area contributed by atoms with Gasteiger partial charge in [-0.25, -0.2) is 0 Å². The van der Waals surface area contributed by atoms with Crippen LogP contribution in [0, 0.1) is 0 Å². The number of hydrogen-bond donors (Lipinski definition) is 1. The molecule has 1 aliphatic heterocycles. The molecule has 0 radical (unpaired) electrons. The lowest BCUT2D eigenvalue weighted by Crippen LogP contribution is -2.22. The van der Waals surface area contributed by atoms with Crippen LogP contribution in [-0.2, 0) is 6.54 Å². The molecule has 1 N–H and O–H groups in total. The van der Waals surface area contributed by atoms with Crippen LogP contribution in [0.3, 0.4) is 0 Å². The van der Waals surface area contributed by atoms with Gasteiger partial charge in [0.05, 0.1) is 11.1 Å². The Morgan fingerprint density at radius 2 is 2.00 bits per heavy atom. The van der Waals surface area contributed by atoms with Crippen LogP contribution in [0.4, 0.5) is 0 Å². The van der Waals surface area contributed by atoms with E-state index in [4.69, 9.17) is 4.52 Å². The molecule has 1 amide bonds. The summed E-state index contributed by atoms with van der Waals surface area (Å²) in [4.78, 5) is 12.0. The second-order valence-corrected chi connectivity index (χ2v) is 7.09. The highest BCUT2D eigenvalue weighted by molar-refractivity contribution is 8.19. The lowest BCUT2D eigenvalue weighted by atomic mass is 10.1. The van der Waals surface area contributed by atoms with E-state index < -0.39 is 0 Å². The van der Waals surface area contributed by atoms with Crippen LogP contribution in [-0.4, -0.2) is 22.6 Å². The van der Waals surface area contributed by atoms with Crippen molar-refractivity contribution in [2.24, 2.45) is 0 Å². The molecule has 1 aliphatic rings. The van der Waals surface area contributed by atoms with Crippen molar-refractivity contribution in [3.8, 4) is 0 Å². The molecule has 2 heterocycles. The molecule has 20 heavy (non-hydrogen) atoms. The van der Waals surface area contributed by atoms with Crippen molar-refractivity contribution in [2.45, 2.75) is 11.1 Å². The van der Waals surface area contributed by atoms with E-state index in [1.165, 1.54) is 23.3 Å². The van der Waals surface area contributed by atoms with E-state index >= 15 is 0 Å². The number of nitrogens with one attached hydrogen (secondary N) is 1. The van der Waals surface area contributed by atoms with Gasteiger partial charge in [-0.05, 0) is 17.7 Å². The average Bonchev–Trinajstić information content (AvgIpc) is 3.18. The Morgan fingerprint density at radius 3 is 2.65 bits per heavy atom. The van der Waals surface area contributed by atoms with Gasteiger partial charge in [-0.2, -0.15) is 0 Å². The predicted molar refractivity (Wildman–Crippen MR) is 81.8 cm³/mol. The van der Waals surface area contributed by atoms with Crippen molar-refractivity contribution in [2.75, 3.05) is 11.5 Å². The van der Waals surface area contributed by atoms with Crippen LogP contribution in [0.15, 0.2) is 41.1 Å². The van der Waals surface area contributed by atoms with E-state index in [2.05, 4.69) is 10.5 Å². The fourth-order valence-corrected chi connectivity index (χ4v) is 4.80. The molecule has 1 fully saturated rings. The topological polar surface area (TPSA) is 55.1 Å². The molecule has 0 unspecified atom stereocenters. The van der Waals surface area contributed by atoms with Crippen molar-refractivity contribution < 1.29 is 9.32 Å². The maximum Gasteiger partial charge on any atom is 0.251 e. The number of rotatable bonds is 4. The normalized spacial score (nSPS) is 15.4. The average molecular weight is 306 g/mol. The zero-order valence-corrected chi connectivity index (χ0v) is 12.4. The Bertz CT molecular complexity index is 563. The first kappa shape index (κ1) is 13.6. The summed E-state index contributed by atoms with van der Waals surface area (Å²) in [6.07, 6.45) is 1.49. The minimum absolute atomic E-state index is 0.0914. The highest BCUT2D eigenvalue weighted by atomic mass is 32.2. The second-order valence-electron chi connectivity index (χ2n) is 4.37. The van der Waals surface area contributed by atoms with Gasteiger partial charge in [-0.1, -0.05) is 17.3 Å². The third-order valence-electron chi connectivity index (χ3n) is 2.99. The van der Waals surface area contributed by atoms with Gasteiger partial charge in [-0.15, -0.1) is 23.5 Å². The highest BCUT2D eigenvalue weighted by Gasteiger charge is 2.18. The number of amides is 1. The molecule has 1 saturated heterocycles. The van der Waals surface area contributed by atoms with Gasteiger partial charge in [0.25, 0.3) is 5.91 Å². The van der Waals surface area contributed by atoms with Gasteiger partial charge in [0.1, 0.15) is 12.0 Å².